The summed E-state index contributed by atoms with van der Waals surface area (Å²) in [4.78, 5) is 11.5. The minimum atomic E-state index is -0.640. The van der Waals surface area contributed by atoms with Crippen LogP contribution in [0.1, 0.15) is 64.2 Å². The van der Waals surface area contributed by atoms with E-state index in [-0.39, 0.29) is 5.97 Å². The first kappa shape index (κ1) is 16.8. The largest absolute Gasteiger partial charge is 0.467 e. The number of carbonyl (C=O) groups is 1. The van der Waals surface area contributed by atoms with E-state index in [9.17, 15) is 4.79 Å². The van der Waals surface area contributed by atoms with Crippen LogP contribution in [-0.2, 0) is 19.0 Å². The van der Waals surface area contributed by atoms with Crippen LogP contribution >= 0.6 is 0 Å². The number of carbonyl (C=O) groups excluding carboxylic acids is 1. The van der Waals surface area contributed by atoms with Crippen LogP contribution < -0.4 is 0 Å². The van der Waals surface area contributed by atoms with Gasteiger partial charge in [0.05, 0.1) is 13.7 Å². The Bertz CT molecular complexity index is 304. The first-order chi connectivity index (χ1) is 10.3. The fourth-order valence-electron chi connectivity index (χ4n) is 3.33. The molecule has 21 heavy (non-hydrogen) atoms. The molecular formula is C17H30O4. The molecule has 1 aliphatic carbocycles. The van der Waals surface area contributed by atoms with Gasteiger partial charge in [0.15, 0.2) is 5.60 Å². The average molecular weight is 298 g/mol. The third-order valence-corrected chi connectivity index (χ3v) is 4.80. The van der Waals surface area contributed by atoms with E-state index in [1.54, 1.807) is 0 Å². The van der Waals surface area contributed by atoms with Crippen LogP contribution in [0, 0.1) is 5.92 Å². The SMILES string of the molecule is COC(=O)C1(CCCOCCCC2CCCCCC2)CO1. The smallest absolute Gasteiger partial charge is 0.340 e. The van der Waals surface area contributed by atoms with Gasteiger partial charge in [0.1, 0.15) is 0 Å². The highest BCUT2D eigenvalue weighted by Gasteiger charge is 2.52. The maximum atomic E-state index is 11.5. The van der Waals surface area contributed by atoms with Crippen molar-refractivity contribution in [2.75, 3.05) is 26.9 Å². The average Bonchev–Trinajstić information content (AvgIpc) is 3.30. The molecule has 122 valence electrons. The van der Waals surface area contributed by atoms with Crippen molar-refractivity contribution in [3.05, 3.63) is 0 Å². The minimum Gasteiger partial charge on any atom is -0.467 e. The van der Waals surface area contributed by atoms with Crippen LogP contribution in [0.4, 0.5) is 0 Å². The normalized spacial score (nSPS) is 26.3. The van der Waals surface area contributed by atoms with Gasteiger partial charge in [-0.2, -0.15) is 0 Å². The van der Waals surface area contributed by atoms with Gasteiger partial charge in [0.25, 0.3) is 0 Å². The van der Waals surface area contributed by atoms with Crippen molar-refractivity contribution in [2.45, 2.75) is 69.8 Å². The van der Waals surface area contributed by atoms with Crippen molar-refractivity contribution < 1.29 is 19.0 Å². The molecule has 1 unspecified atom stereocenters. The van der Waals surface area contributed by atoms with E-state index in [2.05, 4.69) is 0 Å². The van der Waals surface area contributed by atoms with Gasteiger partial charge in [0.2, 0.25) is 0 Å². The highest BCUT2D eigenvalue weighted by molar-refractivity contribution is 5.82. The fourth-order valence-corrected chi connectivity index (χ4v) is 3.33. The van der Waals surface area contributed by atoms with Crippen molar-refractivity contribution in [2.24, 2.45) is 5.92 Å². The Hall–Kier alpha value is -0.610. The summed E-state index contributed by atoms with van der Waals surface area (Å²) < 4.78 is 15.7. The summed E-state index contributed by atoms with van der Waals surface area (Å²) in [7, 11) is 1.41. The van der Waals surface area contributed by atoms with Gasteiger partial charge in [-0.05, 0) is 31.6 Å². The zero-order valence-electron chi connectivity index (χ0n) is 13.4. The summed E-state index contributed by atoms with van der Waals surface area (Å²) in [6.45, 7) is 2.07. The zero-order chi connectivity index (χ0) is 15.0. The van der Waals surface area contributed by atoms with Gasteiger partial charge in [-0.15, -0.1) is 0 Å². The molecule has 2 fully saturated rings. The lowest BCUT2D eigenvalue weighted by atomic mass is 9.95. The third-order valence-electron chi connectivity index (χ3n) is 4.80. The summed E-state index contributed by atoms with van der Waals surface area (Å²) >= 11 is 0. The second-order valence-corrected chi connectivity index (χ2v) is 6.49. The van der Waals surface area contributed by atoms with Gasteiger partial charge in [-0.1, -0.05) is 38.5 Å². The Kier molecular flexibility index (Phi) is 6.97. The molecule has 0 amide bonds. The minimum absolute atomic E-state index is 0.240. The third kappa shape index (κ3) is 5.59. The molecule has 0 spiro atoms. The van der Waals surface area contributed by atoms with Crippen molar-refractivity contribution in [1.29, 1.82) is 0 Å². The molecule has 4 heteroatoms. The number of ether oxygens (including phenoxy) is 3. The lowest BCUT2D eigenvalue weighted by Gasteiger charge is -2.13. The standard InChI is InChI=1S/C17H30O4/c1-19-16(18)17(14-21-17)11-7-13-20-12-6-10-15-8-4-2-3-5-9-15/h15H,2-14H2,1H3. The van der Waals surface area contributed by atoms with Crippen molar-refractivity contribution in [3.8, 4) is 0 Å². The number of epoxide rings is 1. The summed E-state index contributed by atoms with van der Waals surface area (Å²) in [6, 6.07) is 0. The molecule has 0 aromatic heterocycles. The number of rotatable bonds is 9. The van der Waals surface area contributed by atoms with Crippen LogP contribution in [0.3, 0.4) is 0 Å². The highest BCUT2D eigenvalue weighted by atomic mass is 16.6. The Morgan fingerprint density at radius 1 is 1.14 bits per heavy atom. The molecule has 1 atom stereocenters. The van der Waals surface area contributed by atoms with Gasteiger partial charge in [-0.3, -0.25) is 0 Å². The van der Waals surface area contributed by atoms with E-state index in [0.717, 1.165) is 18.9 Å². The molecule has 2 aliphatic rings. The summed E-state index contributed by atoms with van der Waals surface area (Å²) in [6.07, 6.45) is 12.6. The zero-order valence-corrected chi connectivity index (χ0v) is 13.4. The van der Waals surface area contributed by atoms with E-state index in [1.807, 2.05) is 0 Å². The van der Waals surface area contributed by atoms with E-state index >= 15 is 0 Å². The lowest BCUT2D eigenvalue weighted by molar-refractivity contribution is -0.147. The fraction of sp³-hybridized carbons (Fsp3) is 0.941. The predicted octanol–water partition coefficient (Wildman–Crippen LogP) is 3.48. The maximum Gasteiger partial charge on any atom is 0.340 e. The number of methoxy groups -OCH3 is 1. The predicted molar refractivity (Wildman–Crippen MR) is 81.2 cm³/mol. The quantitative estimate of drug-likeness (QED) is 0.283. The molecule has 0 aromatic rings. The Morgan fingerprint density at radius 3 is 2.43 bits per heavy atom. The van der Waals surface area contributed by atoms with E-state index in [0.29, 0.717) is 19.6 Å². The Balaban J connectivity index is 1.44. The number of hydrogen-bond donors (Lipinski definition) is 0. The summed E-state index contributed by atoms with van der Waals surface area (Å²) in [5.74, 6) is 0.689. The molecule has 1 aliphatic heterocycles. The van der Waals surface area contributed by atoms with E-state index in [4.69, 9.17) is 14.2 Å². The topological polar surface area (TPSA) is 48.1 Å². The molecule has 2 rings (SSSR count). The molecule has 1 saturated carbocycles. The van der Waals surface area contributed by atoms with Gasteiger partial charge < -0.3 is 14.2 Å². The van der Waals surface area contributed by atoms with Crippen LogP contribution in [0.2, 0.25) is 0 Å². The van der Waals surface area contributed by atoms with Crippen LogP contribution in [0.5, 0.6) is 0 Å². The van der Waals surface area contributed by atoms with Gasteiger partial charge in [0, 0.05) is 13.2 Å². The first-order valence-electron chi connectivity index (χ1n) is 8.57. The molecule has 0 bridgehead atoms. The van der Waals surface area contributed by atoms with Crippen LogP contribution in [-0.4, -0.2) is 38.5 Å². The van der Waals surface area contributed by atoms with E-state index < -0.39 is 5.60 Å². The molecular weight excluding hydrogens is 268 g/mol. The summed E-state index contributed by atoms with van der Waals surface area (Å²) in [5.41, 5.74) is -0.640. The second kappa shape index (κ2) is 8.74. The number of hydrogen-bond acceptors (Lipinski definition) is 4. The molecule has 0 radical (unpaired) electrons. The monoisotopic (exact) mass is 298 g/mol. The van der Waals surface area contributed by atoms with Crippen molar-refractivity contribution in [1.82, 2.24) is 0 Å². The summed E-state index contributed by atoms with van der Waals surface area (Å²) in [5, 5.41) is 0. The number of esters is 1. The van der Waals surface area contributed by atoms with Crippen molar-refractivity contribution in [3.63, 3.8) is 0 Å². The first-order valence-corrected chi connectivity index (χ1v) is 8.57. The maximum absolute atomic E-state index is 11.5. The van der Waals surface area contributed by atoms with Crippen LogP contribution in [0.15, 0.2) is 0 Å². The molecule has 0 N–H and O–H groups in total. The van der Waals surface area contributed by atoms with E-state index in [1.165, 1.54) is 58.5 Å². The Labute approximate surface area is 128 Å². The lowest BCUT2D eigenvalue weighted by Crippen LogP contribution is -2.26. The molecule has 0 aromatic carbocycles. The molecule has 1 heterocycles. The Morgan fingerprint density at radius 2 is 1.81 bits per heavy atom. The molecule has 1 saturated heterocycles. The second-order valence-electron chi connectivity index (χ2n) is 6.49. The molecule has 4 nitrogen and oxygen atoms in total. The van der Waals surface area contributed by atoms with Gasteiger partial charge >= 0.3 is 5.97 Å². The van der Waals surface area contributed by atoms with Crippen molar-refractivity contribution >= 4 is 5.97 Å². The highest BCUT2D eigenvalue weighted by Crippen LogP contribution is 2.33. The van der Waals surface area contributed by atoms with Gasteiger partial charge in [-0.25, -0.2) is 4.79 Å². The van der Waals surface area contributed by atoms with Crippen LogP contribution in [0.25, 0.3) is 0 Å².